The van der Waals surface area contributed by atoms with Gasteiger partial charge in [0.25, 0.3) is 0 Å². The molecule has 0 unspecified atom stereocenters. The molecule has 0 aliphatic rings. The second-order valence-electron chi connectivity index (χ2n) is 3.82. The topological polar surface area (TPSA) is 38.9 Å². The Morgan fingerprint density at radius 3 is 3.00 bits per heavy atom. The Morgan fingerprint density at radius 2 is 2.20 bits per heavy atom. The summed E-state index contributed by atoms with van der Waals surface area (Å²) in [6.07, 6.45) is 3.31. The van der Waals surface area contributed by atoms with Gasteiger partial charge in [-0.15, -0.1) is 11.3 Å². The molecule has 3 heteroatoms. The van der Waals surface area contributed by atoms with Crippen LogP contribution in [0.1, 0.15) is 23.4 Å². The lowest BCUT2D eigenvalue weighted by Gasteiger charge is -1.93. The fourth-order valence-electron chi connectivity index (χ4n) is 1.61. The number of unbranched alkanes of at least 4 members (excludes halogenated alkanes) is 1. The molecular formula is C12H16N2S. The molecule has 0 saturated heterocycles. The van der Waals surface area contributed by atoms with Crippen molar-refractivity contribution < 1.29 is 0 Å². The van der Waals surface area contributed by atoms with Gasteiger partial charge in [0, 0.05) is 0 Å². The Hall–Kier alpha value is -0.930. The van der Waals surface area contributed by atoms with E-state index in [1.165, 1.54) is 15.3 Å². The van der Waals surface area contributed by atoms with Gasteiger partial charge in [0.05, 0.1) is 15.2 Å². The van der Waals surface area contributed by atoms with Gasteiger partial charge < -0.3 is 5.73 Å². The first-order chi connectivity index (χ1) is 7.29. The summed E-state index contributed by atoms with van der Waals surface area (Å²) in [5.74, 6) is 0. The van der Waals surface area contributed by atoms with Crippen molar-refractivity contribution in [3.8, 4) is 0 Å². The van der Waals surface area contributed by atoms with Gasteiger partial charge in [0.1, 0.15) is 0 Å². The van der Waals surface area contributed by atoms with Crippen LogP contribution >= 0.6 is 11.3 Å². The molecule has 0 bridgehead atoms. The molecule has 0 fully saturated rings. The highest BCUT2D eigenvalue weighted by Gasteiger charge is 2.03. The minimum absolute atomic E-state index is 0.782. The molecule has 1 heterocycles. The van der Waals surface area contributed by atoms with E-state index in [1.807, 2.05) is 0 Å². The average Bonchev–Trinajstić information content (AvgIpc) is 2.60. The first-order valence-corrected chi connectivity index (χ1v) is 6.17. The maximum absolute atomic E-state index is 5.47. The van der Waals surface area contributed by atoms with Crippen molar-refractivity contribution in [1.82, 2.24) is 4.98 Å². The zero-order valence-electron chi connectivity index (χ0n) is 8.99. The number of nitrogens with two attached hydrogens (primary N) is 1. The van der Waals surface area contributed by atoms with Crippen LogP contribution in [0.3, 0.4) is 0 Å². The molecule has 1 aromatic heterocycles. The molecule has 80 valence electrons. The third kappa shape index (κ3) is 2.55. The van der Waals surface area contributed by atoms with Crippen molar-refractivity contribution >= 4 is 21.6 Å². The fraction of sp³-hybridized carbons (Fsp3) is 0.417. The maximum Gasteiger partial charge on any atom is 0.0938 e. The Bertz CT molecular complexity index is 448. The van der Waals surface area contributed by atoms with Crippen LogP contribution < -0.4 is 5.73 Å². The summed E-state index contributed by atoms with van der Waals surface area (Å²) < 4.78 is 1.29. The number of aryl methyl sites for hydroxylation is 2. The Kier molecular flexibility index (Phi) is 3.34. The highest BCUT2D eigenvalue weighted by molar-refractivity contribution is 7.18. The van der Waals surface area contributed by atoms with Gasteiger partial charge in [-0.05, 0) is 50.4 Å². The minimum atomic E-state index is 0.782. The third-order valence-corrected chi connectivity index (χ3v) is 3.53. The van der Waals surface area contributed by atoms with Gasteiger partial charge in [-0.2, -0.15) is 0 Å². The summed E-state index contributed by atoms with van der Waals surface area (Å²) in [6.45, 7) is 2.89. The molecular weight excluding hydrogens is 204 g/mol. The average molecular weight is 220 g/mol. The molecule has 0 saturated carbocycles. The van der Waals surface area contributed by atoms with Crippen molar-refractivity contribution in [3.05, 3.63) is 28.8 Å². The fourth-order valence-corrected chi connectivity index (χ4v) is 2.60. The molecule has 0 aliphatic heterocycles. The second kappa shape index (κ2) is 4.73. The zero-order chi connectivity index (χ0) is 10.7. The van der Waals surface area contributed by atoms with E-state index in [-0.39, 0.29) is 0 Å². The second-order valence-corrected chi connectivity index (χ2v) is 4.94. The van der Waals surface area contributed by atoms with Crippen LogP contribution in [-0.4, -0.2) is 11.5 Å². The molecule has 2 rings (SSSR count). The highest BCUT2D eigenvalue weighted by atomic mass is 32.1. The van der Waals surface area contributed by atoms with Gasteiger partial charge >= 0.3 is 0 Å². The van der Waals surface area contributed by atoms with E-state index in [4.69, 9.17) is 5.73 Å². The standard InChI is InChI=1S/C12H16N2S/c1-9-5-6-11-10(8-9)14-12(15-11)4-2-3-7-13/h5-6,8H,2-4,7,13H2,1H3. The summed E-state index contributed by atoms with van der Waals surface area (Å²) in [7, 11) is 0. The van der Waals surface area contributed by atoms with Crippen molar-refractivity contribution in [2.75, 3.05) is 6.54 Å². The van der Waals surface area contributed by atoms with Crippen molar-refractivity contribution in [1.29, 1.82) is 0 Å². The molecule has 0 radical (unpaired) electrons. The summed E-state index contributed by atoms with van der Waals surface area (Å²) in [4.78, 5) is 4.62. The molecule has 0 aliphatic carbocycles. The molecule has 2 aromatic rings. The van der Waals surface area contributed by atoms with Gasteiger partial charge in [0.15, 0.2) is 0 Å². The third-order valence-electron chi connectivity index (χ3n) is 2.43. The van der Waals surface area contributed by atoms with Crippen LogP contribution in [0.5, 0.6) is 0 Å². The van der Waals surface area contributed by atoms with E-state index in [2.05, 4.69) is 30.1 Å². The number of hydrogen-bond acceptors (Lipinski definition) is 3. The summed E-state index contributed by atoms with van der Waals surface area (Å²) in [6, 6.07) is 6.46. The quantitative estimate of drug-likeness (QED) is 0.805. The summed E-state index contributed by atoms with van der Waals surface area (Å²) >= 11 is 1.80. The largest absolute Gasteiger partial charge is 0.330 e. The number of rotatable bonds is 4. The van der Waals surface area contributed by atoms with Crippen LogP contribution in [-0.2, 0) is 6.42 Å². The monoisotopic (exact) mass is 220 g/mol. The van der Waals surface area contributed by atoms with Crippen LogP contribution in [0.15, 0.2) is 18.2 Å². The Balaban J connectivity index is 2.16. The molecule has 0 atom stereocenters. The number of hydrogen-bond donors (Lipinski definition) is 1. The first kappa shape index (κ1) is 10.6. The smallest absolute Gasteiger partial charge is 0.0938 e. The molecule has 15 heavy (non-hydrogen) atoms. The normalized spacial score (nSPS) is 11.1. The van der Waals surface area contributed by atoms with Gasteiger partial charge in [-0.3, -0.25) is 0 Å². The lowest BCUT2D eigenvalue weighted by Crippen LogP contribution is -1.98. The van der Waals surface area contributed by atoms with Gasteiger partial charge in [-0.25, -0.2) is 4.98 Å². The zero-order valence-corrected chi connectivity index (χ0v) is 9.81. The van der Waals surface area contributed by atoms with Crippen LogP contribution in [0.4, 0.5) is 0 Å². The van der Waals surface area contributed by atoms with Crippen molar-refractivity contribution in [2.45, 2.75) is 26.2 Å². The Morgan fingerprint density at radius 1 is 1.33 bits per heavy atom. The SMILES string of the molecule is Cc1ccc2sc(CCCCN)nc2c1. The van der Waals surface area contributed by atoms with Crippen LogP contribution in [0.2, 0.25) is 0 Å². The van der Waals surface area contributed by atoms with E-state index < -0.39 is 0 Å². The predicted molar refractivity (Wildman–Crippen MR) is 66.3 cm³/mol. The van der Waals surface area contributed by atoms with E-state index in [0.717, 1.165) is 31.3 Å². The van der Waals surface area contributed by atoms with E-state index in [0.29, 0.717) is 0 Å². The van der Waals surface area contributed by atoms with Gasteiger partial charge in [-0.1, -0.05) is 6.07 Å². The first-order valence-electron chi connectivity index (χ1n) is 5.36. The maximum atomic E-state index is 5.47. The molecule has 0 amide bonds. The van der Waals surface area contributed by atoms with Gasteiger partial charge in [0.2, 0.25) is 0 Å². The number of thiazole rings is 1. The van der Waals surface area contributed by atoms with Crippen LogP contribution in [0, 0.1) is 6.92 Å². The van der Waals surface area contributed by atoms with Crippen LogP contribution in [0.25, 0.3) is 10.2 Å². The summed E-state index contributed by atoms with van der Waals surface area (Å²) in [5.41, 5.74) is 7.89. The Labute approximate surface area is 94.1 Å². The molecule has 2 N–H and O–H groups in total. The number of fused-ring (bicyclic) bond motifs is 1. The number of nitrogens with zero attached hydrogens (tertiary/aromatic N) is 1. The van der Waals surface area contributed by atoms with E-state index in [1.54, 1.807) is 11.3 Å². The minimum Gasteiger partial charge on any atom is -0.330 e. The van der Waals surface area contributed by atoms with Crippen molar-refractivity contribution in [3.63, 3.8) is 0 Å². The van der Waals surface area contributed by atoms with E-state index in [9.17, 15) is 0 Å². The van der Waals surface area contributed by atoms with Crippen molar-refractivity contribution in [2.24, 2.45) is 5.73 Å². The highest BCUT2D eigenvalue weighted by Crippen LogP contribution is 2.23. The molecule has 1 aromatic carbocycles. The summed E-state index contributed by atoms with van der Waals surface area (Å²) in [5, 5.41) is 1.24. The number of benzene rings is 1. The predicted octanol–water partition coefficient (Wildman–Crippen LogP) is 2.89. The molecule has 2 nitrogen and oxygen atoms in total. The lowest BCUT2D eigenvalue weighted by molar-refractivity contribution is 0.742. The van der Waals surface area contributed by atoms with E-state index >= 15 is 0 Å². The lowest BCUT2D eigenvalue weighted by atomic mass is 10.2. The number of aromatic nitrogens is 1. The molecule has 0 spiro atoms.